The Kier molecular flexibility index (Phi) is 6.20. The summed E-state index contributed by atoms with van der Waals surface area (Å²) in [6, 6.07) is 18.7. The van der Waals surface area contributed by atoms with Crippen molar-refractivity contribution in [2.24, 2.45) is 5.92 Å². The largest absolute Gasteiger partial charge is 0.465 e. The van der Waals surface area contributed by atoms with E-state index in [9.17, 15) is 4.79 Å². The Balaban J connectivity index is 1.81. The van der Waals surface area contributed by atoms with Crippen molar-refractivity contribution in [3.8, 4) is 11.1 Å². The minimum atomic E-state index is -0.0877. The quantitative estimate of drug-likeness (QED) is 0.681. The Bertz CT molecular complexity index is 572. The number of hydrogen-bond acceptors (Lipinski definition) is 2. The second kappa shape index (κ2) is 8.38. The molecule has 0 fully saturated rings. The molecule has 0 N–H and O–H groups in total. The number of esters is 1. The molecular formula is C20H24O2. The fourth-order valence-corrected chi connectivity index (χ4v) is 2.26. The molecule has 0 saturated carbocycles. The second-order valence-electron chi connectivity index (χ2n) is 5.75. The monoisotopic (exact) mass is 296 g/mol. The zero-order valence-electron chi connectivity index (χ0n) is 13.4. The summed E-state index contributed by atoms with van der Waals surface area (Å²) in [6.07, 6.45) is 2.29. The molecule has 1 atom stereocenters. The van der Waals surface area contributed by atoms with Crippen LogP contribution >= 0.6 is 0 Å². The lowest BCUT2D eigenvalue weighted by Gasteiger charge is -2.09. The zero-order valence-corrected chi connectivity index (χ0v) is 13.4. The van der Waals surface area contributed by atoms with Crippen LogP contribution in [0.1, 0.15) is 32.3 Å². The predicted molar refractivity (Wildman–Crippen MR) is 90.6 cm³/mol. The predicted octanol–water partition coefficient (Wildman–Crippen LogP) is 4.88. The molecule has 0 aliphatic rings. The lowest BCUT2D eigenvalue weighted by atomic mass is 10.0. The highest BCUT2D eigenvalue weighted by Crippen LogP contribution is 2.19. The Labute approximate surface area is 133 Å². The van der Waals surface area contributed by atoms with Crippen LogP contribution in [-0.4, -0.2) is 12.6 Å². The molecule has 0 amide bonds. The molecule has 0 saturated heterocycles. The van der Waals surface area contributed by atoms with Gasteiger partial charge in [-0.3, -0.25) is 4.79 Å². The maximum absolute atomic E-state index is 11.6. The third-order valence-electron chi connectivity index (χ3n) is 3.93. The van der Waals surface area contributed by atoms with Crippen molar-refractivity contribution in [1.29, 1.82) is 0 Å². The maximum Gasteiger partial charge on any atom is 0.306 e. The molecule has 0 aliphatic carbocycles. The van der Waals surface area contributed by atoms with Gasteiger partial charge in [0.25, 0.3) is 0 Å². The minimum absolute atomic E-state index is 0.0877. The van der Waals surface area contributed by atoms with Gasteiger partial charge in [0, 0.05) is 12.8 Å². The van der Waals surface area contributed by atoms with E-state index >= 15 is 0 Å². The van der Waals surface area contributed by atoms with Crippen molar-refractivity contribution in [3.05, 3.63) is 60.2 Å². The van der Waals surface area contributed by atoms with Gasteiger partial charge in [0.1, 0.15) is 0 Å². The molecule has 0 bridgehead atoms. The summed E-state index contributed by atoms with van der Waals surface area (Å²) in [7, 11) is 0. The van der Waals surface area contributed by atoms with Crippen molar-refractivity contribution in [1.82, 2.24) is 0 Å². The number of ether oxygens (including phenoxy) is 1. The Morgan fingerprint density at radius 3 is 2.27 bits per heavy atom. The molecule has 0 aromatic heterocycles. The van der Waals surface area contributed by atoms with Crippen LogP contribution < -0.4 is 0 Å². The first-order chi connectivity index (χ1) is 10.7. The first-order valence-corrected chi connectivity index (χ1v) is 7.99. The van der Waals surface area contributed by atoms with Gasteiger partial charge in [0.05, 0.1) is 6.61 Å². The van der Waals surface area contributed by atoms with Crippen LogP contribution in [0.2, 0.25) is 0 Å². The van der Waals surface area contributed by atoms with Crippen molar-refractivity contribution < 1.29 is 9.53 Å². The Hall–Kier alpha value is -2.09. The summed E-state index contributed by atoms with van der Waals surface area (Å²) in [6.45, 7) is 4.62. The normalized spacial score (nSPS) is 11.9. The van der Waals surface area contributed by atoms with Crippen LogP contribution in [0.5, 0.6) is 0 Å². The molecule has 0 heterocycles. The van der Waals surface area contributed by atoms with E-state index < -0.39 is 0 Å². The lowest BCUT2D eigenvalue weighted by molar-refractivity contribution is -0.144. The summed E-state index contributed by atoms with van der Waals surface area (Å²) in [4.78, 5) is 11.6. The molecular weight excluding hydrogens is 272 g/mol. The Morgan fingerprint density at radius 1 is 1.00 bits per heavy atom. The van der Waals surface area contributed by atoms with Crippen LogP contribution in [0, 0.1) is 5.92 Å². The van der Waals surface area contributed by atoms with E-state index in [0.717, 1.165) is 12.8 Å². The van der Waals surface area contributed by atoms with Crippen LogP contribution in [-0.2, 0) is 16.0 Å². The van der Waals surface area contributed by atoms with Gasteiger partial charge in [-0.2, -0.15) is 0 Å². The third kappa shape index (κ3) is 5.03. The highest BCUT2D eigenvalue weighted by molar-refractivity contribution is 5.69. The van der Waals surface area contributed by atoms with Crippen LogP contribution in [0.4, 0.5) is 0 Å². The van der Waals surface area contributed by atoms with E-state index in [0.29, 0.717) is 18.9 Å². The van der Waals surface area contributed by atoms with Crippen molar-refractivity contribution >= 4 is 5.97 Å². The SMILES string of the molecule is CCC(C)CC(=O)OCCc1ccc(-c2ccccc2)cc1. The van der Waals surface area contributed by atoms with E-state index in [1.54, 1.807) is 0 Å². The zero-order chi connectivity index (χ0) is 15.8. The molecule has 2 rings (SSSR count). The summed E-state index contributed by atoms with van der Waals surface area (Å²) in [5.74, 6) is 0.313. The topological polar surface area (TPSA) is 26.3 Å². The Morgan fingerprint density at radius 2 is 1.64 bits per heavy atom. The van der Waals surface area contributed by atoms with Crippen molar-refractivity contribution in [2.75, 3.05) is 6.61 Å². The van der Waals surface area contributed by atoms with Gasteiger partial charge in [-0.05, 0) is 22.6 Å². The van der Waals surface area contributed by atoms with Gasteiger partial charge in [-0.25, -0.2) is 0 Å². The smallest absolute Gasteiger partial charge is 0.306 e. The molecule has 2 aromatic rings. The van der Waals surface area contributed by atoms with Gasteiger partial charge in [-0.15, -0.1) is 0 Å². The summed E-state index contributed by atoms with van der Waals surface area (Å²) in [5.41, 5.74) is 3.61. The summed E-state index contributed by atoms with van der Waals surface area (Å²) in [5, 5.41) is 0. The number of benzene rings is 2. The molecule has 2 nitrogen and oxygen atoms in total. The van der Waals surface area contributed by atoms with Gasteiger partial charge >= 0.3 is 5.97 Å². The molecule has 0 aliphatic heterocycles. The number of carbonyl (C=O) groups is 1. The number of carbonyl (C=O) groups excluding carboxylic acids is 1. The van der Waals surface area contributed by atoms with Crippen LogP contribution in [0.3, 0.4) is 0 Å². The first kappa shape index (κ1) is 16.3. The van der Waals surface area contributed by atoms with E-state index in [-0.39, 0.29) is 5.97 Å². The molecule has 2 aromatic carbocycles. The average molecular weight is 296 g/mol. The molecule has 22 heavy (non-hydrogen) atoms. The van der Waals surface area contributed by atoms with Crippen LogP contribution in [0.15, 0.2) is 54.6 Å². The van der Waals surface area contributed by atoms with Gasteiger partial charge < -0.3 is 4.74 Å². The van der Waals surface area contributed by atoms with E-state index in [1.807, 2.05) is 18.2 Å². The second-order valence-corrected chi connectivity index (χ2v) is 5.75. The number of hydrogen-bond donors (Lipinski definition) is 0. The van der Waals surface area contributed by atoms with Crippen LogP contribution in [0.25, 0.3) is 11.1 Å². The molecule has 1 unspecified atom stereocenters. The van der Waals surface area contributed by atoms with Gasteiger partial charge in [0.2, 0.25) is 0 Å². The lowest BCUT2D eigenvalue weighted by Crippen LogP contribution is -2.11. The summed E-state index contributed by atoms with van der Waals surface area (Å²) >= 11 is 0. The standard InChI is InChI=1S/C20H24O2/c1-3-16(2)15-20(21)22-14-13-17-9-11-19(12-10-17)18-7-5-4-6-8-18/h4-12,16H,3,13-15H2,1-2H3. The molecule has 116 valence electrons. The molecule has 0 radical (unpaired) electrons. The third-order valence-corrected chi connectivity index (χ3v) is 3.93. The molecule has 2 heteroatoms. The highest BCUT2D eigenvalue weighted by atomic mass is 16.5. The average Bonchev–Trinajstić information content (AvgIpc) is 2.56. The highest BCUT2D eigenvalue weighted by Gasteiger charge is 2.08. The maximum atomic E-state index is 11.6. The van der Waals surface area contributed by atoms with E-state index in [4.69, 9.17) is 4.74 Å². The molecule has 0 spiro atoms. The van der Waals surface area contributed by atoms with Crippen molar-refractivity contribution in [2.45, 2.75) is 33.1 Å². The number of rotatable bonds is 7. The minimum Gasteiger partial charge on any atom is -0.465 e. The fourth-order valence-electron chi connectivity index (χ4n) is 2.26. The van der Waals surface area contributed by atoms with E-state index in [2.05, 4.69) is 50.2 Å². The van der Waals surface area contributed by atoms with Gasteiger partial charge in [-0.1, -0.05) is 74.9 Å². The van der Waals surface area contributed by atoms with Crippen molar-refractivity contribution in [3.63, 3.8) is 0 Å². The first-order valence-electron chi connectivity index (χ1n) is 7.99. The fraction of sp³-hybridized carbons (Fsp3) is 0.350. The van der Waals surface area contributed by atoms with Gasteiger partial charge in [0.15, 0.2) is 0 Å². The van der Waals surface area contributed by atoms with E-state index in [1.165, 1.54) is 16.7 Å². The summed E-state index contributed by atoms with van der Waals surface area (Å²) < 4.78 is 5.29.